The van der Waals surface area contributed by atoms with Crippen molar-refractivity contribution in [1.82, 2.24) is 5.32 Å². The van der Waals surface area contributed by atoms with E-state index in [0.29, 0.717) is 11.3 Å². The molecule has 1 saturated carbocycles. The highest BCUT2D eigenvalue weighted by atomic mass is 19.1. The summed E-state index contributed by atoms with van der Waals surface area (Å²) in [5.74, 6) is -1.88. The van der Waals surface area contributed by atoms with Crippen molar-refractivity contribution in [1.29, 1.82) is 0 Å². The molecular formula is C17H23FN2O3. The predicted molar refractivity (Wildman–Crippen MR) is 85.4 cm³/mol. The lowest BCUT2D eigenvalue weighted by Gasteiger charge is -2.24. The number of carbonyl (C=O) groups is 2. The molecule has 1 aliphatic carbocycles. The minimum Gasteiger partial charge on any atom is -0.396 e. The lowest BCUT2D eigenvalue weighted by Crippen LogP contribution is -2.45. The summed E-state index contributed by atoms with van der Waals surface area (Å²) < 4.78 is 13.2. The quantitative estimate of drug-likeness (QED) is 0.589. The standard InChI is InChI=1S/C17H23FN2O3/c1-11-9-13(7-8-14(11)18)19-16(22)17(23)20-15-6-4-2-3-5-12(15)10-21/h7-9,12,15,21H,2-6,10H2,1H3,(H,19,22)(H,20,23). The number of amides is 2. The van der Waals surface area contributed by atoms with Gasteiger partial charge in [-0.25, -0.2) is 4.39 Å². The van der Waals surface area contributed by atoms with E-state index in [2.05, 4.69) is 10.6 Å². The van der Waals surface area contributed by atoms with Gasteiger partial charge in [0.2, 0.25) is 0 Å². The topological polar surface area (TPSA) is 78.4 Å². The maximum absolute atomic E-state index is 13.2. The molecule has 23 heavy (non-hydrogen) atoms. The zero-order valence-electron chi connectivity index (χ0n) is 13.3. The zero-order chi connectivity index (χ0) is 16.8. The van der Waals surface area contributed by atoms with Gasteiger partial charge in [-0.05, 0) is 43.5 Å². The van der Waals surface area contributed by atoms with Crippen molar-refractivity contribution >= 4 is 17.5 Å². The van der Waals surface area contributed by atoms with Gasteiger partial charge in [-0.1, -0.05) is 19.3 Å². The SMILES string of the molecule is Cc1cc(NC(=O)C(=O)NC2CCCCCC2CO)ccc1F. The first-order valence-electron chi connectivity index (χ1n) is 8.00. The van der Waals surface area contributed by atoms with E-state index in [4.69, 9.17) is 0 Å². The Morgan fingerprint density at radius 2 is 1.96 bits per heavy atom. The number of hydrogen-bond donors (Lipinski definition) is 3. The number of hydrogen-bond acceptors (Lipinski definition) is 3. The molecule has 0 spiro atoms. The molecule has 0 heterocycles. The van der Waals surface area contributed by atoms with E-state index in [0.717, 1.165) is 32.1 Å². The molecule has 0 radical (unpaired) electrons. The predicted octanol–water partition coefficient (Wildman–Crippen LogP) is 2.13. The van der Waals surface area contributed by atoms with Gasteiger partial charge in [0.15, 0.2) is 0 Å². The number of aryl methyl sites for hydroxylation is 1. The van der Waals surface area contributed by atoms with Crippen LogP contribution in [0.1, 0.15) is 37.7 Å². The summed E-state index contributed by atoms with van der Waals surface area (Å²) >= 11 is 0. The molecule has 2 unspecified atom stereocenters. The van der Waals surface area contributed by atoms with Crippen LogP contribution >= 0.6 is 0 Å². The Labute approximate surface area is 135 Å². The molecule has 2 amide bonds. The molecule has 3 N–H and O–H groups in total. The van der Waals surface area contributed by atoms with Gasteiger partial charge in [-0.2, -0.15) is 0 Å². The maximum atomic E-state index is 13.2. The summed E-state index contributed by atoms with van der Waals surface area (Å²) in [6, 6.07) is 3.95. The van der Waals surface area contributed by atoms with Crippen LogP contribution in [0, 0.1) is 18.7 Å². The van der Waals surface area contributed by atoms with Crippen LogP contribution in [0.3, 0.4) is 0 Å². The highest BCUT2D eigenvalue weighted by Crippen LogP contribution is 2.23. The molecule has 2 rings (SSSR count). The Morgan fingerprint density at radius 1 is 1.22 bits per heavy atom. The second-order valence-corrected chi connectivity index (χ2v) is 6.08. The Hall–Kier alpha value is -1.95. The number of halogens is 1. The van der Waals surface area contributed by atoms with Gasteiger partial charge >= 0.3 is 11.8 Å². The Kier molecular flexibility index (Phi) is 6.10. The van der Waals surface area contributed by atoms with E-state index in [1.165, 1.54) is 18.2 Å². The second-order valence-electron chi connectivity index (χ2n) is 6.08. The van der Waals surface area contributed by atoms with Crippen LogP contribution in [0.5, 0.6) is 0 Å². The summed E-state index contributed by atoms with van der Waals surface area (Å²) in [6.45, 7) is 1.59. The lowest BCUT2D eigenvalue weighted by atomic mass is 9.95. The molecule has 0 aliphatic heterocycles. The van der Waals surface area contributed by atoms with Gasteiger partial charge < -0.3 is 15.7 Å². The van der Waals surface area contributed by atoms with Crippen LogP contribution in [-0.4, -0.2) is 29.6 Å². The largest absolute Gasteiger partial charge is 0.396 e. The second kappa shape index (κ2) is 8.06. The number of aliphatic hydroxyl groups is 1. The van der Waals surface area contributed by atoms with E-state index in [1.54, 1.807) is 6.92 Å². The molecular weight excluding hydrogens is 299 g/mol. The molecule has 1 aromatic rings. The highest BCUT2D eigenvalue weighted by molar-refractivity contribution is 6.39. The van der Waals surface area contributed by atoms with Crippen molar-refractivity contribution in [3.8, 4) is 0 Å². The van der Waals surface area contributed by atoms with Crippen molar-refractivity contribution in [2.75, 3.05) is 11.9 Å². The van der Waals surface area contributed by atoms with Crippen LogP contribution in [-0.2, 0) is 9.59 Å². The monoisotopic (exact) mass is 322 g/mol. The summed E-state index contributed by atoms with van der Waals surface area (Å²) in [5.41, 5.74) is 0.774. The summed E-state index contributed by atoms with van der Waals surface area (Å²) in [4.78, 5) is 24.0. The molecule has 2 atom stereocenters. The number of aliphatic hydroxyl groups excluding tert-OH is 1. The number of benzene rings is 1. The van der Waals surface area contributed by atoms with Crippen molar-refractivity contribution < 1.29 is 19.1 Å². The van der Waals surface area contributed by atoms with Crippen LogP contribution in [0.15, 0.2) is 18.2 Å². The summed E-state index contributed by atoms with van der Waals surface area (Å²) in [6.07, 6.45) is 4.68. The third-order valence-corrected chi connectivity index (χ3v) is 4.33. The number of carbonyl (C=O) groups excluding carboxylic acids is 2. The van der Waals surface area contributed by atoms with Crippen molar-refractivity contribution in [3.05, 3.63) is 29.6 Å². The van der Waals surface area contributed by atoms with Gasteiger partial charge in [-0.15, -0.1) is 0 Å². The molecule has 126 valence electrons. The van der Waals surface area contributed by atoms with Crippen LogP contribution in [0.25, 0.3) is 0 Å². The summed E-state index contributed by atoms with van der Waals surface area (Å²) in [7, 11) is 0. The normalized spacial score (nSPS) is 21.3. The fraction of sp³-hybridized carbons (Fsp3) is 0.529. The van der Waals surface area contributed by atoms with E-state index in [-0.39, 0.29) is 24.4 Å². The molecule has 1 aliphatic rings. The van der Waals surface area contributed by atoms with E-state index in [9.17, 15) is 19.1 Å². The van der Waals surface area contributed by atoms with Crippen molar-refractivity contribution in [3.63, 3.8) is 0 Å². The fourth-order valence-corrected chi connectivity index (χ4v) is 2.94. The Morgan fingerprint density at radius 3 is 2.65 bits per heavy atom. The molecule has 0 bridgehead atoms. The molecule has 1 fully saturated rings. The third-order valence-electron chi connectivity index (χ3n) is 4.33. The third kappa shape index (κ3) is 4.76. The number of nitrogens with one attached hydrogen (secondary N) is 2. The van der Waals surface area contributed by atoms with Crippen LogP contribution < -0.4 is 10.6 Å². The van der Waals surface area contributed by atoms with Gasteiger partial charge in [-0.3, -0.25) is 9.59 Å². The molecule has 0 saturated heterocycles. The lowest BCUT2D eigenvalue weighted by molar-refractivity contribution is -0.137. The van der Waals surface area contributed by atoms with E-state index >= 15 is 0 Å². The zero-order valence-corrected chi connectivity index (χ0v) is 13.3. The first-order chi connectivity index (χ1) is 11.0. The van der Waals surface area contributed by atoms with Gasteiger partial charge in [0, 0.05) is 24.3 Å². The van der Waals surface area contributed by atoms with E-state index < -0.39 is 11.8 Å². The fourth-order valence-electron chi connectivity index (χ4n) is 2.94. The van der Waals surface area contributed by atoms with Gasteiger partial charge in [0.05, 0.1) is 0 Å². The maximum Gasteiger partial charge on any atom is 0.313 e. The van der Waals surface area contributed by atoms with Crippen LogP contribution in [0.4, 0.5) is 10.1 Å². The first-order valence-corrected chi connectivity index (χ1v) is 8.00. The highest BCUT2D eigenvalue weighted by Gasteiger charge is 2.26. The number of rotatable bonds is 3. The number of anilines is 1. The summed E-state index contributed by atoms with van der Waals surface area (Å²) in [5, 5.41) is 14.6. The first kappa shape index (κ1) is 17.4. The van der Waals surface area contributed by atoms with Gasteiger partial charge in [0.1, 0.15) is 5.82 Å². The minimum absolute atomic E-state index is 0.00369. The molecule has 5 nitrogen and oxygen atoms in total. The van der Waals surface area contributed by atoms with Gasteiger partial charge in [0.25, 0.3) is 0 Å². The molecule has 6 heteroatoms. The van der Waals surface area contributed by atoms with Crippen molar-refractivity contribution in [2.45, 2.75) is 45.1 Å². The average Bonchev–Trinajstić information content (AvgIpc) is 2.75. The Bertz CT molecular complexity index is 577. The molecule has 0 aromatic heterocycles. The average molecular weight is 322 g/mol. The minimum atomic E-state index is -0.781. The van der Waals surface area contributed by atoms with Crippen LogP contribution in [0.2, 0.25) is 0 Å². The van der Waals surface area contributed by atoms with E-state index in [1.807, 2.05) is 0 Å². The Balaban J connectivity index is 1.95. The molecule has 1 aromatic carbocycles. The van der Waals surface area contributed by atoms with Crippen molar-refractivity contribution in [2.24, 2.45) is 5.92 Å². The smallest absolute Gasteiger partial charge is 0.313 e.